The van der Waals surface area contributed by atoms with Crippen LogP contribution in [0, 0.1) is 0 Å². The van der Waals surface area contributed by atoms with E-state index in [1.807, 2.05) is 0 Å². The first-order valence-electron chi connectivity index (χ1n) is 6.16. The monoisotopic (exact) mass is 369 g/mol. The number of nitrogens with two attached hydrogens (primary N) is 1. The number of anilines is 2. The van der Waals surface area contributed by atoms with Crippen LogP contribution >= 0.6 is 27.5 Å². The lowest BCUT2D eigenvalue weighted by atomic mass is 10.2. The Morgan fingerprint density at radius 2 is 2.10 bits per heavy atom. The van der Waals surface area contributed by atoms with Crippen molar-refractivity contribution in [3.05, 3.63) is 56.4 Å². The molecule has 5 nitrogen and oxygen atoms in total. The van der Waals surface area contributed by atoms with Crippen LogP contribution in [-0.2, 0) is 11.3 Å². The van der Waals surface area contributed by atoms with Crippen molar-refractivity contribution in [2.45, 2.75) is 13.0 Å². The van der Waals surface area contributed by atoms with Crippen LogP contribution < -0.4 is 16.6 Å². The Hall–Kier alpha value is -1.79. The first-order valence-corrected chi connectivity index (χ1v) is 7.33. The topological polar surface area (TPSA) is 77.1 Å². The molecule has 0 aliphatic rings. The Kier molecular flexibility index (Phi) is 5.03. The van der Waals surface area contributed by atoms with E-state index in [0.717, 1.165) is 4.47 Å². The summed E-state index contributed by atoms with van der Waals surface area (Å²) in [7, 11) is 0. The Balaban J connectivity index is 1.97. The van der Waals surface area contributed by atoms with Crippen LogP contribution in [0.15, 0.2) is 45.8 Å². The molecule has 0 aliphatic heterocycles. The molecule has 0 radical (unpaired) electrons. The number of carbonyl (C=O) groups is 1. The first kappa shape index (κ1) is 15.6. The van der Waals surface area contributed by atoms with Crippen molar-refractivity contribution in [1.29, 1.82) is 0 Å². The number of amides is 1. The fourth-order valence-electron chi connectivity index (χ4n) is 1.74. The number of aryl methyl sites for hydroxylation is 1. The number of pyridine rings is 1. The minimum absolute atomic E-state index is 0.151. The van der Waals surface area contributed by atoms with Gasteiger partial charge in [-0.05, 0) is 40.2 Å². The van der Waals surface area contributed by atoms with Gasteiger partial charge in [0.05, 0.1) is 10.7 Å². The fraction of sp³-hybridized carbons (Fsp3) is 0.143. The van der Waals surface area contributed by atoms with Crippen LogP contribution in [0.3, 0.4) is 0 Å². The van der Waals surface area contributed by atoms with Gasteiger partial charge in [0.1, 0.15) is 0 Å². The summed E-state index contributed by atoms with van der Waals surface area (Å²) in [6.07, 6.45) is 1.83. The number of aromatic nitrogens is 1. The fourth-order valence-corrected chi connectivity index (χ4v) is 2.24. The molecule has 1 aromatic heterocycles. The lowest BCUT2D eigenvalue weighted by Gasteiger charge is -2.08. The highest BCUT2D eigenvalue weighted by Gasteiger charge is 2.05. The van der Waals surface area contributed by atoms with Gasteiger partial charge in [0.15, 0.2) is 0 Å². The lowest BCUT2D eigenvalue weighted by molar-refractivity contribution is -0.116. The number of halogens is 2. The number of hydrogen-bond acceptors (Lipinski definition) is 3. The highest BCUT2D eigenvalue weighted by atomic mass is 79.9. The molecular weight excluding hydrogens is 358 g/mol. The number of nitrogens with zero attached hydrogens (tertiary/aromatic N) is 1. The maximum Gasteiger partial charge on any atom is 0.250 e. The summed E-state index contributed by atoms with van der Waals surface area (Å²) in [5.41, 5.74) is 6.49. The third-order valence-electron chi connectivity index (χ3n) is 2.81. The van der Waals surface area contributed by atoms with E-state index in [9.17, 15) is 9.59 Å². The quantitative estimate of drug-likeness (QED) is 0.812. The maximum absolute atomic E-state index is 11.9. The van der Waals surface area contributed by atoms with Crippen LogP contribution in [0.5, 0.6) is 0 Å². The van der Waals surface area contributed by atoms with Gasteiger partial charge >= 0.3 is 0 Å². The molecule has 1 amide bonds. The molecule has 0 spiro atoms. The summed E-state index contributed by atoms with van der Waals surface area (Å²) in [4.78, 5) is 23.5. The second kappa shape index (κ2) is 6.78. The second-order valence-corrected chi connectivity index (χ2v) is 5.74. The molecule has 2 rings (SSSR count). The number of rotatable bonds is 4. The molecule has 0 aliphatic carbocycles. The summed E-state index contributed by atoms with van der Waals surface area (Å²) in [5, 5.41) is 3.15. The van der Waals surface area contributed by atoms with Gasteiger partial charge in [0.2, 0.25) is 5.91 Å². The molecule has 7 heteroatoms. The number of nitrogens with one attached hydrogen (secondary N) is 1. The summed E-state index contributed by atoms with van der Waals surface area (Å²) in [6.45, 7) is 0.299. The molecule has 21 heavy (non-hydrogen) atoms. The number of nitrogen functional groups attached to an aromatic ring is 1. The maximum atomic E-state index is 11.9. The largest absolute Gasteiger partial charge is 0.397 e. The Labute approximate surface area is 134 Å². The van der Waals surface area contributed by atoms with Crippen molar-refractivity contribution in [1.82, 2.24) is 4.57 Å². The predicted octanol–water partition coefficient (Wildman–Crippen LogP) is 2.88. The summed E-state index contributed by atoms with van der Waals surface area (Å²) in [5.74, 6) is -0.205. The summed E-state index contributed by atoms with van der Waals surface area (Å²) < 4.78 is 2.26. The normalized spacial score (nSPS) is 10.4. The van der Waals surface area contributed by atoms with Crippen molar-refractivity contribution in [2.75, 3.05) is 11.1 Å². The molecular formula is C14H13BrClN3O2. The molecule has 1 heterocycles. The SMILES string of the molecule is Nc1cc(NC(=O)CCn2cc(Br)ccc2=O)ccc1Cl. The Morgan fingerprint density at radius 1 is 1.33 bits per heavy atom. The molecule has 1 aromatic carbocycles. The average molecular weight is 371 g/mol. The van der Waals surface area contributed by atoms with Crippen LogP contribution in [0.4, 0.5) is 11.4 Å². The number of benzene rings is 1. The predicted molar refractivity (Wildman–Crippen MR) is 87.5 cm³/mol. The van der Waals surface area contributed by atoms with Gasteiger partial charge in [0, 0.05) is 35.4 Å². The molecule has 0 bridgehead atoms. The minimum Gasteiger partial charge on any atom is -0.397 e. The molecule has 110 valence electrons. The zero-order valence-corrected chi connectivity index (χ0v) is 13.3. The van der Waals surface area contributed by atoms with Gasteiger partial charge in [-0.3, -0.25) is 9.59 Å². The van der Waals surface area contributed by atoms with Crippen molar-refractivity contribution in [3.63, 3.8) is 0 Å². The van der Waals surface area contributed by atoms with Gasteiger partial charge in [-0.1, -0.05) is 11.6 Å². The zero-order valence-electron chi connectivity index (χ0n) is 11.0. The third kappa shape index (κ3) is 4.34. The van der Waals surface area contributed by atoms with Gasteiger partial charge in [-0.2, -0.15) is 0 Å². The van der Waals surface area contributed by atoms with Crippen molar-refractivity contribution < 1.29 is 4.79 Å². The molecule has 0 saturated heterocycles. The van der Waals surface area contributed by atoms with Crippen LogP contribution in [0.1, 0.15) is 6.42 Å². The molecule has 0 fully saturated rings. The Morgan fingerprint density at radius 3 is 2.81 bits per heavy atom. The summed E-state index contributed by atoms with van der Waals surface area (Å²) in [6, 6.07) is 7.98. The Bertz CT molecular complexity index is 730. The van der Waals surface area contributed by atoms with Gasteiger partial charge in [0.25, 0.3) is 5.56 Å². The average Bonchev–Trinajstić information content (AvgIpc) is 2.44. The second-order valence-electron chi connectivity index (χ2n) is 4.41. The van der Waals surface area contributed by atoms with Crippen molar-refractivity contribution in [3.8, 4) is 0 Å². The van der Waals surface area contributed by atoms with Crippen LogP contribution in [0.25, 0.3) is 0 Å². The van der Waals surface area contributed by atoms with Gasteiger partial charge in [-0.15, -0.1) is 0 Å². The highest BCUT2D eigenvalue weighted by molar-refractivity contribution is 9.10. The molecule has 0 saturated carbocycles. The zero-order chi connectivity index (χ0) is 15.4. The van der Waals surface area contributed by atoms with Crippen molar-refractivity contribution in [2.24, 2.45) is 0 Å². The molecule has 3 N–H and O–H groups in total. The smallest absolute Gasteiger partial charge is 0.250 e. The number of hydrogen-bond donors (Lipinski definition) is 2. The highest BCUT2D eigenvalue weighted by Crippen LogP contribution is 2.22. The first-order chi connectivity index (χ1) is 9.95. The minimum atomic E-state index is -0.205. The van der Waals surface area contributed by atoms with Crippen LogP contribution in [-0.4, -0.2) is 10.5 Å². The molecule has 0 unspecified atom stereocenters. The third-order valence-corrected chi connectivity index (χ3v) is 3.62. The van der Waals surface area contributed by atoms with E-state index < -0.39 is 0 Å². The molecule has 0 atom stereocenters. The van der Waals surface area contributed by atoms with E-state index in [1.54, 1.807) is 30.5 Å². The number of carbonyl (C=O) groups excluding carboxylic acids is 1. The van der Waals surface area contributed by atoms with E-state index in [0.29, 0.717) is 22.9 Å². The molecule has 2 aromatic rings. The summed E-state index contributed by atoms with van der Waals surface area (Å²) >= 11 is 9.10. The standard InChI is InChI=1S/C14H13BrClN3O2/c15-9-1-4-14(21)19(8-9)6-5-13(20)18-10-2-3-11(16)12(17)7-10/h1-4,7-8H,5-6,17H2,(H,18,20). The van der Waals surface area contributed by atoms with Crippen LogP contribution in [0.2, 0.25) is 5.02 Å². The van der Waals surface area contributed by atoms with Gasteiger partial charge < -0.3 is 15.6 Å². The van der Waals surface area contributed by atoms with E-state index in [4.69, 9.17) is 17.3 Å². The van der Waals surface area contributed by atoms with E-state index in [1.165, 1.54) is 10.6 Å². The van der Waals surface area contributed by atoms with Gasteiger partial charge in [-0.25, -0.2) is 0 Å². The van der Waals surface area contributed by atoms with E-state index >= 15 is 0 Å². The van der Waals surface area contributed by atoms with E-state index in [-0.39, 0.29) is 17.9 Å². The van der Waals surface area contributed by atoms with E-state index in [2.05, 4.69) is 21.2 Å². The van der Waals surface area contributed by atoms with Crippen molar-refractivity contribution >= 4 is 44.8 Å². The lowest BCUT2D eigenvalue weighted by Crippen LogP contribution is -2.22.